The maximum Gasteiger partial charge on any atom is 0.244 e. The molecule has 0 spiro atoms. The standard InChI is InChI=1S/C17H20N2O4S/c1-12-9-10-15(23-3)16(11-12)24(21,22)19-13(2)17(20)18-14-7-5-4-6-8-14/h4-11,13,19H,1-3H3,(H,18,20)/t13-/m0/s1. The lowest BCUT2D eigenvalue weighted by Gasteiger charge is -2.16. The molecule has 0 fully saturated rings. The summed E-state index contributed by atoms with van der Waals surface area (Å²) in [5.74, 6) is -0.222. The first-order valence-corrected chi connectivity index (χ1v) is 8.84. The molecule has 24 heavy (non-hydrogen) atoms. The van der Waals surface area contributed by atoms with Crippen LogP contribution in [0.2, 0.25) is 0 Å². The van der Waals surface area contributed by atoms with E-state index in [2.05, 4.69) is 10.0 Å². The van der Waals surface area contributed by atoms with Gasteiger partial charge < -0.3 is 10.1 Å². The Bertz CT molecular complexity index is 820. The number of benzene rings is 2. The lowest BCUT2D eigenvalue weighted by molar-refractivity contribution is -0.117. The highest BCUT2D eigenvalue weighted by Gasteiger charge is 2.25. The molecule has 0 aliphatic rings. The van der Waals surface area contributed by atoms with Gasteiger partial charge in [0, 0.05) is 5.69 Å². The van der Waals surface area contributed by atoms with Crippen molar-refractivity contribution in [1.29, 1.82) is 0 Å². The third-order valence-electron chi connectivity index (χ3n) is 3.38. The van der Waals surface area contributed by atoms with Gasteiger partial charge in [-0.15, -0.1) is 0 Å². The Labute approximate surface area is 141 Å². The second kappa shape index (κ2) is 7.46. The predicted molar refractivity (Wildman–Crippen MR) is 92.6 cm³/mol. The number of ether oxygens (including phenoxy) is 1. The van der Waals surface area contributed by atoms with Gasteiger partial charge >= 0.3 is 0 Å². The number of rotatable bonds is 6. The smallest absolute Gasteiger partial charge is 0.244 e. The molecule has 0 saturated carbocycles. The molecule has 1 atom stereocenters. The number of aryl methyl sites for hydroxylation is 1. The normalized spacial score (nSPS) is 12.5. The molecule has 0 heterocycles. The molecule has 2 aromatic carbocycles. The maximum absolute atomic E-state index is 12.6. The second-order valence-corrected chi connectivity index (χ2v) is 7.03. The molecule has 0 aromatic heterocycles. The van der Waals surface area contributed by atoms with Crippen molar-refractivity contribution in [2.45, 2.75) is 24.8 Å². The first kappa shape index (κ1) is 18.0. The lowest BCUT2D eigenvalue weighted by atomic mass is 10.2. The highest BCUT2D eigenvalue weighted by atomic mass is 32.2. The van der Waals surface area contributed by atoms with Crippen LogP contribution in [-0.4, -0.2) is 27.5 Å². The molecule has 2 N–H and O–H groups in total. The van der Waals surface area contributed by atoms with E-state index in [9.17, 15) is 13.2 Å². The van der Waals surface area contributed by atoms with Gasteiger partial charge in [0.15, 0.2) is 0 Å². The minimum absolute atomic E-state index is 0.00404. The quantitative estimate of drug-likeness (QED) is 0.839. The highest BCUT2D eigenvalue weighted by Crippen LogP contribution is 2.24. The van der Waals surface area contributed by atoms with Crippen molar-refractivity contribution in [2.75, 3.05) is 12.4 Å². The van der Waals surface area contributed by atoms with E-state index in [4.69, 9.17) is 4.74 Å². The molecule has 0 unspecified atom stereocenters. The van der Waals surface area contributed by atoms with Crippen LogP contribution >= 0.6 is 0 Å². The molecule has 0 radical (unpaired) electrons. The van der Waals surface area contributed by atoms with Crippen molar-refractivity contribution in [3.8, 4) is 5.75 Å². The molecule has 128 valence electrons. The van der Waals surface area contributed by atoms with Crippen molar-refractivity contribution in [3.63, 3.8) is 0 Å². The number of amides is 1. The summed E-state index contributed by atoms with van der Waals surface area (Å²) in [6.07, 6.45) is 0. The van der Waals surface area contributed by atoms with Crippen LogP contribution in [0.5, 0.6) is 5.75 Å². The monoisotopic (exact) mass is 348 g/mol. The predicted octanol–water partition coefficient (Wildman–Crippen LogP) is 2.31. The molecule has 6 nitrogen and oxygen atoms in total. The fourth-order valence-electron chi connectivity index (χ4n) is 2.12. The van der Waals surface area contributed by atoms with Gasteiger partial charge in [0.1, 0.15) is 10.6 Å². The zero-order valence-electron chi connectivity index (χ0n) is 13.7. The molecule has 0 bridgehead atoms. The Balaban J connectivity index is 2.16. The van der Waals surface area contributed by atoms with Crippen molar-refractivity contribution in [1.82, 2.24) is 4.72 Å². The van der Waals surface area contributed by atoms with Gasteiger partial charge in [0.05, 0.1) is 13.2 Å². The third-order valence-corrected chi connectivity index (χ3v) is 4.94. The van der Waals surface area contributed by atoms with E-state index in [1.165, 1.54) is 20.1 Å². The Morgan fingerprint density at radius 2 is 1.79 bits per heavy atom. The zero-order valence-corrected chi connectivity index (χ0v) is 14.6. The van der Waals surface area contributed by atoms with E-state index in [1.807, 2.05) is 6.07 Å². The van der Waals surface area contributed by atoms with Gasteiger partial charge in [-0.1, -0.05) is 24.3 Å². The molecule has 0 aliphatic carbocycles. The van der Waals surface area contributed by atoms with Gasteiger partial charge in [-0.25, -0.2) is 8.42 Å². The average molecular weight is 348 g/mol. The molecular formula is C17H20N2O4S. The van der Waals surface area contributed by atoms with Gasteiger partial charge in [0.25, 0.3) is 0 Å². The molecule has 2 aromatic rings. The summed E-state index contributed by atoms with van der Waals surface area (Å²) in [5.41, 5.74) is 1.37. The number of sulfonamides is 1. The number of hydrogen-bond donors (Lipinski definition) is 2. The Morgan fingerprint density at radius 3 is 2.42 bits per heavy atom. The SMILES string of the molecule is COc1ccc(C)cc1S(=O)(=O)N[C@@H](C)C(=O)Nc1ccccc1. The fraction of sp³-hybridized carbons (Fsp3) is 0.235. The third kappa shape index (κ3) is 4.33. The van der Waals surface area contributed by atoms with Crippen LogP contribution in [0.15, 0.2) is 53.4 Å². The van der Waals surface area contributed by atoms with Gasteiger partial charge in [-0.3, -0.25) is 4.79 Å². The first-order chi connectivity index (χ1) is 11.3. The summed E-state index contributed by atoms with van der Waals surface area (Å²) in [5, 5.41) is 2.66. The number of carbonyl (C=O) groups is 1. The van der Waals surface area contributed by atoms with E-state index < -0.39 is 22.0 Å². The van der Waals surface area contributed by atoms with Crippen molar-refractivity contribution < 1.29 is 17.9 Å². The van der Waals surface area contributed by atoms with Crippen LogP contribution in [-0.2, 0) is 14.8 Å². The van der Waals surface area contributed by atoms with E-state index in [-0.39, 0.29) is 10.6 Å². The summed E-state index contributed by atoms with van der Waals surface area (Å²) >= 11 is 0. The molecule has 0 saturated heterocycles. The summed E-state index contributed by atoms with van der Waals surface area (Å²) in [4.78, 5) is 12.2. The van der Waals surface area contributed by atoms with E-state index in [0.29, 0.717) is 5.69 Å². The number of anilines is 1. The van der Waals surface area contributed by atoms with Gasteiger partial charge in [0.2, 0.25) is 15.9 Å². The largest absolute Gasteiger partial charge is 0.495 e. The van der Waals surface area contributed by atoms with Crippen LogP contribution in [0.25, 0.3) is 0 Å². The molecular weight excluding hydrogens is 328 g/mol. The number of para-hydroxylation sites is 1. The summed E-state index contributed by atoms with van der Waals surface area (Å²) in [6.45, 7) is 3.27. The molecule has 7 heteroatoms. The Kier molecular flexibility index (Phi) is 5.58. The van der Waals surface area contributed by atoms with Gasteiger partial charge in [-0.2, -0.15) is 4.72 Å². The minimum atomic E-state index is -3.90. The van der Waals surface area contributed by atoms with E-state index in [1.54, 1.807) is 43.3 Å². The summed E-state index contributed by atoms with van der Waals surface area (Å²) in [7, 11) is -2.50. The van der Waals surface area contributed by atoms with Crippen molar-refractivity contribution in [2.24, 2.45) is 0 Å². The fourth-order valence-corrected chi connectivity index (χ4v) is 3.57. The van der Waals surface area contributed by atoms with Crippen LogP contribution in [0, 0.1) is 6.92 Å². The maximum atomic E-state index is 12.6. The zero-order chi connectivity index (χ0) is 17.7. The van der Waals surface area contributed by atoms with Crippen LogP contribution in [0.4, 0.5) is 5.69 Å². The van der Waals surface area contributed by atoms with Crippen molar-refractivity contribution >= 4 is 21.6 Å². The van der Waals surface area contributed by atoms with Crippen molar-refractivity contribution in [3.05, 3.63) is 54.1 Å². The number of carbonyl (C=O) groups excluding carboxylic acids is 1. The molecule has 0 aliphatic heterocycles. The summed E-state index contributed by atoms with van der Waals surface area (Å²) in [6, 6.07) is 12.7. The van der Waals surface area contributed by atoms with Crippen LogP contribution < -0.4 is 14.8 Å². The second-order valence-electron chi connectivity index (χ2n) is 5.35. The molecule has 2 rings (SSSR count). The van der Waals surface area contributed by atoms with E-state index in [0.717, 1.165) is 5.56 Å². The van der Waals surface area contributed by atoms with Crippen LogP contribution in [0.1, 0.15) is 12.5 Å². The lowest BCUT2D eigenvalue weighted by Crippen LogP contribution is -2.41. The molecule has 1 amide bonds. The minimum Gasteiger partial charge on any atom is -0.495 e. The average Bonchev–Trinajstić information content (AvgIpc) is 2.55. The van der Waals surface area contributed by atoms with E-state index >= 15 is 0 Å². The topological polar surface area (TPSA) is 84.5 Å². The van der Waals surface area contributed by atoms with Crippen LogP contribution in [0.3, 0.4) is 0 Å². The summed E-state index contributed by atoms with van der Waals surface area (Å²) < 4.78 is 32.6. The number of methoxy groups -OCH3 is 1. The van der Waals surface area contributed by atoms with Gasteiger partial charge in [-0.05, 0) is 43.7 Å². The number of hydrogen-bond acceptors (Lipinski definition) is 4. The Hall–Kier alpha value is -2.38. The first-order valence-electron chi connectivity index (χ1n) is 7.36. The number of nitrogens with one attached hydrogen (secondary N) is 2. The Morgan fingerprint density at radius 1 is 1.12 bits per heavy atom. The highest BCUT2D eigenvalue weighted by molar-refractivity contribution is 7.89.